The maximum absolute atomic E-state index is 11.9. The smallest absolute Gasteiger partial charge is 0.252 e. The topological polar surface area (TPSA) is 42.0 Å². The van der Waals surface area contributed by atoms with Gasteiger partial charge in [-0.25, -0.2) is 4.98 Å². The standard InChI is InChI=1S/C13H14Cl2N2O/c14-11-6-10(8-16-12(11)15)13(18)17-7-9-4-2-1-3-5-9/h1-2,6,8-9H,3-5,7H2,(H,17,18). The summed E-state index contributed by atoms with van der Waals surface area (Å²) in [6, 6.07) is 1.53. The van der Waals surface area contributed by atoms with Crippen LogP contribution >= 0.6 is 23.2 Å². The summed E-state index contributed by atoms with van der Waals surface area (Å²) in [4.78, 5) is 15.7. The van der Waals surface area contributed by atoms with E-state index in [0.717, 1.165) is 19.3 Å². The summed E-state index contributed by atoms with van der Waals surface area (Å²) in [5, 5.41) is 3.41. The third-order valence-corrected chi connectivity index (χ3v) is 3.67. The second-order valence-electron chi connectivity index (χ2n) is 4.36. The van der Waals surface area contributed by atoms with Gasteiger partial charge in [-0.1, -0.05) is 35.4 Å². The summed E-state index contributed by atoms with van der Waals surface area (Å²) in [7, 11) is 0. The van der Waals surface area contributed by atoms with Crippen molar-refractivity contribution in [3.8, 4) is 0 Å². The fourth-order valence-corrected chi connectivity index (χ4v) is 2.20. The van der Waals surface area contributed by atoms with E-state index < -0.39 is 0 Å². The highest BCUT2D eigenvalue weighted by molar-refractivity contribution is 6.41. The second kappa shape index (κ2) is 6.21. The largest absolute Gasteiger partial charge is 0.352 e. The summed E-state index contributed by atoms with van der Waals surface area (Å²) in [5.41, 5.74) is 0.441. The van der Waals surface area contributed by atoms with Gasteiger partial charge in [0.15, 0.2) is 0 Å². The Labute approximate surface area is 116 Å². The lowest BCUT2D eigenvalue weighted by molar-refractivity contribution is 0.0946. The molecule has 1 amide bonds. The number of halogens is 2. The van der Waals surface area contributed by atoms with Crippen LogP contribution in [0.15, 0.2) is 24.4 Å². The van der Waals surface area contributed by atoms with Crippen molar-refractivity contribution >= 4 is 29.1 Å². The van der Waals surface area contributed by atoms with E-state index in [1.807, 2.05) is 0 Å². The average Bonchev–Trinajstić information content (AvgIpc) is 2.40. The molecule has 0 spiro atoms. The lowest BCUT2D eigenvalue weighted by atomic mass is 9.94. The number of nitrogens with zero attached hydrogens (tertiary/aromatic N) is 1. The molecule has 3 nitrogen and oxygen atoms in total. The SMILES string of the molecule is O=C(NCC1CC=CCC1)c1cnc(Cl)c(Cl)c1. The number of carbonyl (C=O) groups is 1. The zero-order valence-electron chi connectivity index (χ0n) is 9.83. The van der Waals surface area contributed by atoms with E-state index in [4.69, 9.17) is 23.2 Å². The number of rotatable bonds is 3. The van der Waals surface area contributed by atoms with E-state index in [1.165, 1.54) is 12.3 Å². The fourth-order valence-electron chi connectivity index (χ4n) is 1.93. The van der Waals surface area contributed by atoms with Gasteiger partial charge >= 0.3 is 0 Å². The molecule has 0 saturated heterocycles. The Morgan fingerprint density at radius 3 is 2.94 bits per heavy atom. The predicted octanol–water partition coefficient (Wildman–Crippen LogP) is 3.47. The zero-order chi connectivity index (χ0) is 13.0. The zero-order valence-corrected chi connectivity index (χ0v) is 11.3. The van der Waals surface area contributed by atoms with Gasteiger partial charge in [0, 0.05) is 12.7 Å². The number of allylic oxidation sites excluding steroid dienone is 2. The van der Waals surface area contributed by atoms with E-state index in [2.05, 4.69) is 22.5 Å². The maximum Gasteiger partial charge on any atom is 0.252 e. The van der Waals surface area contributed by atoms with Crippen molar-refractivity contribution in [3.63, 3.8) is 0 Å². The van der Waals surface area contributed by atoms with Crippen LogP contribution in [0.25, 0.3) is 0 Å². The second-order valence-corrected chi connectivity index (χ2v) is 5.12. The third-order valence-electron chi connectivity index (χ3n) is 2.99. The minimum Gasteiger partial charge on any atom is -0.352 e. The monoisotopic (exact) mass is 284 g/mol. The van der Waals surface area contributed by atoms with E-state index >= 15 is 0 Å². The van der Waals surface area contributed by atoms with Crippen LogP contribution in [0.2, 0.25) is 10.2 Å². The van der Waals surface area contributed by atoms with Gasteiger partial charge in [-0.3, -0.25) is 4.79 Å². The molecule has 0 saturated carbocycles. The van der Waals surface area contributed by atoms with E-state index in [0.29, 0.717) is 23.0 Å². The first kappa shape index (κ1) is 13.4. The fraction of sp³-hybridized carbons (Fsp3) is 0.385. The van der Waals surface area contributed by atoms with Crippen molar-refractivity contribution in [2.24, 2.45) is 5.92 Å². The van der Waals surface area contributed by atoms with Gasteiger partial charge in [-0.05, 0) is 31.2 Å². The molecule has 5 heteroatoms. The van der Waals surface area contributed by atoms with Crippen LogP contribution in [0.4, 0.5) is 0 Å². The molecule has 0 radical (unpaired) electrons. The van der Waals surface area contributed by atoms with Gasteiger partial charge in [0.25, 0.3) is 5.91 Å². The molecule has 1 aromatic rings. The van der Waals surface area contributed by atoms with E-state index in [1.54, 1.807) is 0 Å². The van der Waals surface area contributed by atoms with Crippen molar-refractivity contribution < 1.29 is 4.79 Å². The van der Waals surface area contributed by atoms with Crippen molar-refractivity contribution in [1.82, 2.24) is 10.3 Å². The number of nitrogens with one attached hydrogen (secondary N) is 1. The van der Waals surface area contributed by atoms with Crippen molar-refractivity contribution in [1.29, 1.82) is 0 Å². The number of aromatic nitrogens is 1. The molecule has 1 atom stereocenters. The molecular formula is C13H14Cl2N2O. The Hall–Kier alpha value is -1.06. The lowest BCUT2D eigenvalue weighted by Gasteiger charge is -2.18. The molecular weight excluding hydrogens is 271 g/mol. The molecule has 0 aliphatic heterocycles. The van der Waals surface area contributed by atoms with Crippen LogP contribution in [0.1, 0.15) is 29.6 Å². The molecule has 0 aromatic carbocycles. The van der Waals surface area contributed by atoms with Gasteiger partial charge in [-0.15, -0.1) is 0 Å². The Bertz CT molecular complexity index is 474. The summed E-state index contributed by atoms with van der Waals surface area (Å²) in [6.45, 7) is 0.684. The van der Waals surface area contributed by atoms with Crippen molar-refractivity contribution in [2.75, 3.05) is 6.54 Å². The quantitative estimate of drug-likeness (QED) is 0.682. The maximum atomic E-state index is 11.9. The number of pyridine rings is 1. The molecule has 2 rings (SSSR count). The lowest BCUT2D eigenvalue weighted by Crippen LogP contribution is -2.29. The third kappa shape index (κ3) is 3.47. The minimum absolute atomic E-state index is 0.157. The van der Waals surface area contributed by atoms with Crippen LogP contribution in [-0.2, 0) is 0 Å². The number of carbonyl (C=O) groups excluding carboxylic acids is 1. The van der Waals surface area contributed by atoms with Crippen LogP contribution in [0.5, 0.6) is 0 Å². The Balaban J connectivity index is 1.91. The molecule has 1 aliphatic carbocycles. The van der Waals surface area contributed by atoms with Crippen LogP contribution in [0, 0.1) is 5.92 Å². The van der Waals surface area contributed by atoms with Crippen molar-refractivity contribution in [3.05, 3.63) is 40.2 Å². The van der Waals surface area contributed by atoms with E-state index in [-0.39, 0.29) is 11.1 Å². The first-order chi connectivity index (χ1) is 8.66. The molecule has 1 N–H and O–H groups in total. The van der Waals surface area contributed by atoms with Crippen LogP contribution < -0.4 is 5.32 Å². The van der Waals surface area contributed by atoms with Crippen molar-refractivity contribution in [2.45, 2.75) is 19.3 Å². The molecule has 0 bridgehead atoms. The molecule has 1 aromatic heterocycles. The normalized spacial score (nSPS) is 18.7. The highest BCUT2D eigenvalue weighted by Crippen LogP contribution is 2.20. The van der Waals surface area contributed by atoms with Gasteiger partial charge in [-0.2, -0.15) is 0 Å². The van der Waals surface area contributed by atoms with E-state index in [9.17, 15) is 4.79 Å². The first-order valence-corrected chi connectivity index (χ1v) is 6.66. The van der Waals surface area contributed by atoms with Crippen LogP contribution in [0.3, 0.4) is 0 Å². The average molecular weight is 285 g/mol. The number of hydrogen-bond acceptors (Lipinski definition) is 2. The number of hydrogen-bond donors (Lipinski definition) is 1. The van der Waals surface area contributed by atoms with Gasteiger partial charge in [0.05, 0.1) is 10.6 Å². The Morgan fingerprint density at radius 2 is 2.28 bits per heavy atom. The summed E-state index contributed by atoms with van der Waals surface area (Å²) < 4.78 is 0. The minimum atomic E-state index is -0.157. The predicted molar refractivity (Wildman–Crippen MR) is 73.1 cm³/mol. The number of amides is 1. The molecule has 1 heterocycles. The van der Waals surface area contributed by atoms with Crippen LogP contribution in [-0.4, -0.2) is 17.4 Å². The van der Waals surface area contributed by atoms with Gasteiger partial charge in [0.1, 0.15) is 5.15 Å². The highest BCUT2D eigenvalue weighted by Gasteiger charge is 2.13. The summed E-state index contributed by atoms with van der Waals surface area (Å²) >= 11 is 11.5. The Morgan fingerprint density at radius 1 is 1.44 bits per heavy atom. The molecule has 1 aliphatic rings. The molecule has 18 heavy (non-hydrogen) atoms. The first-order valence-electron chi connectivity index (χ1n) is 5.91. The molecule has 1 unspecified atom stereocenters. The summed E-state index contributed by atoms with van der Waals surface area (Å²) in [5.74, 6) is 0.366. The van der Waals surface area contributed by atoms with Gasteiger partial charge in [0.2, 0.25) is 0 Å². The molecule has 0 fully saturated rings. The highest BCUT2D eigenvalue weighted by atomic mass is 35.5. The Kier molecular flexibility index (Phi) is 4.61. The summed E-state index contributed by atoms with van der Waals surface area (Å²) in [6.07, 6.45) is 9.03. The molecule has 96 valence electrons. The van der Waals surface area contributed by atoms with Gasteiger partial charge < -0.3 is 5.32 Å².